The second kappa shape index (κ2) is 14.2. The van der Waals surface area contributed by atoms with Crippen molar-refractivity contribution in [3.05, 3.63) is 63.5 Å². The average molecular weight is 653 g/mol. The zero-order valence-electron chi connectivity index (χ0n) is 23.4. The maximum Gasteiger partial charge on any atom is 0.434 e. The van der Waals surface area contributed by atoms with Gasteiger partial charge in [0.25, 0.3) is 5.91 Å². The van der Waals surface area contributed by atoms with Gasteiger partial charge in [-0.2, -0.15) is 13.2 Å². The molecular weight excluding hydrogens is 624 g/mol. The first-order valence-corrected chi connectivity index (χ1v) is 15.3. The van der Waals surface area contributed by atoms with E-state index in [2.05, 4.69) is 30.4 Å². The topological polar surface area (TPSA) is 168 Å². The highest BCUT2D eigenvalue weighted by Crippen LogP contribution is 2.39. The molecule has 0 bridgehead atoms. The van der Waals surface area contributed by atoms with E-state index in [9.17, 15) is 27.6 Å². The molecule has 3 aromatic heterocycles. The van der Waals surface area contributed by atoms with Crippen molar-refractivity contribution in [1.82, 2.24) is 25.2 Å². The average Bonchev–Trinajstić information content (AvgIpc) is 3.48. The number of aromatic nitrogens is 3. The number of amides is 3. The predicted molar refractivity (Wildman–Crippen MR) is 160 cm³/mol. The molecule has 0 radical (unpaired) electrons. The number of anilines is 1. The van der Waals surface area contributed by atoms with Gasteiger partial charge in [0.1, 0.15) is 16.4 Å². The molecule has 234 valence electrons. The Bertz CT molecular complexity index is 1730. The van der Waals surface area contributed by atoms with Gasteiger partial charge in [0.15, 0.2) is 5.69 Å². The standard InChI is InChI=1S/C27H28F3N6O6PS/c1-3-31-26(39)35-22-11-17(25-34-21(14-44-25)27(28,29)30)18(12-33-22)15-6-7-16-20(10-15)36(4-2)13-19(23(16)37)24(38)32-8-5-9-42-43(40)41/h6-7,10-14,40-41H,3-5,8-9H2,1-2H3,(H,32,38)(H2,31,33,35,39). The molecule has 5 N–H and O–H groups in total. The van der Waals surface area contributed by atoms with E-state index in [1.807, 2.05) is 6.92 Å². The van der Waals surface area contributed by atoms with E-state index in [4.69, 9.17) is 9.79 Å². The van der Waals surface area contributed by atoms with E-state index in [-0.39, 0.29) is 40.5 Å². The van der Waals surface area contributed by atoms with E-state index in [0.717, 1.165) is 16.7 Å². The van der Waals surface area contributed by atoms with Gasteiger partial charge < -0.3 is 29.5 Å². The zero-order chi connectivity index (χ0) is 32.0. The molecule has 0 saturated heterocycles. The Labute approximate surface area is 253 Å². The SMILES string of the molecule is CCNC(=O)Nc1cc(-c2nc(C(F)(F)F)cs2)c(-c2ccc3c(=O)c(C(=O)NCCCOP(O)O)cn(CC)c3c2)cn1. The normalized spacial score (nSPS) is 11.6. The van der Waals surface area contributed by atoms with E-state index < -0.39 is 37.8 Å². The number of aryl methyl sites for hydroxylation is 1. The highest BCUT2D eigenvalue weighted by molar-refractivity contribution is 7.39. The lowest BCUT2D eigenvalue weighted by Gasteiger charge is -2.15. The van der Waals surface area contributed by atoms with Crippen molar-refractivity contribution in [3.8, 4) is 21.7 Å². The summed E-state index contributed by atoms with van der Waals surface area (Å²) in [6.07, 6.45) is -1.52. The third kappa shape index (κ3) is 7.76. The summed E-state index contributed by atoms with van der Waals surface area (Å²) in [6.45, 7) is 4.43. The number of thiazole rings is 1. The van der Waals surface area contributed by atoms with Crippen LogP contribution in [0.5, 0.6) is 0 Å². The molecule has 0 aliphatic heterocycles. The Morgan fingerprint density at radius 1 is 1.14 bits per heavy atom. The summed E-state index contributed by atoms with van der Waals surface area (Å²) in [4.78, 5) is 63.8. The van der Waals surface area contributed by atoms with Crippen molar-refractivity contribution in [1.29, 1.82) is 0 Å². The molecule has 0 saturated carbocycles. The fourth-order valence-electron chi connectivity index (χ4n) is 4.28. The van der Waals surface area contributed by atoms with Crippen LogP contribution in [0.2, 0.25) is 0 Å². The number of halogens is 3. The van der Waals surface area contributed by atoms with Gasteiger partial charge in [-0.05, 0) is 44.0 Å². The first-order valence-electron chi connectivity index (χ1n) is 13.3. The van der Waals surface area contributed by atoms with E-state index in [1.54, 1.807) is 23.6 Å². The number of nitrogens with zero attached hydrogens (tertiary/aromatic N) is 3. The Kier molecular flexibility index (Phi) is 10.7. The molecule has 3 amide bonds. The van der Waals surface area contributed by atoms with Crippen LogP contribution in [0.25, 0.3) is 32.6 Å². The number of hydrogen-bond donors (Lipinski definition) is 5. The minimum atomic E-state index is -4.65. The maximum absolute atomic E-state index is 13.4. The molecule has 0 unspecified atom stereocenters. The lowest BCUT2D eigenvalue weighted by atomic mass is 9.99. The molecule has 0 aliphatic rings. The minimum Gasteiger partial charge on any atom is -0.352 e. The number of hydrogen-bond acceptors (Lipinski definition) is 9. The van der Waals surface area contributed by atoms with Gasteiger partial charge in [-0.15, -0.1) is 11.3 Å². The summed E-state index contributed by atoms with van der Waals surface area (Å²) in [5.41, 5.74) is 0.0163. The second-order valence-electron chi connectivity index (χ2n) is 9.22. The number of benzene rings is 1. The Morgan fingerprint density at radius 3 is 2.57 bits per heavy atom. The van der Waals surface area contributed by atoms with Crippen molar-refractivity contribution in [3.63, 3.8) is 0 Å². The quantitative estimate of drug-likeness (QED) is 0.115. The summed E-state index contributed by atoms with van der Waals surface area (Å²) in [7, 11) is -2.49. The first kappa shape index (κ1) is 33.0. The van der Waals surface area contributed by atoms with Crippen molar-refractivity contribution in [2.45, 2.75) is 33.0 Å². The van der Waals surface area contributed by atoms with Gasteiger partial charge in [0, 0.05) is 53.9 Å². The molecule has 12 nitrogen and oxygen atoms in total. The number of pyridine rings is 2. The number of fused-ring (bicyclic) bond motifs is 1. The molecule has 17 heteroatoms. The van der Waals surface area contributed by atoms with E-state index in [0.29, 0.717) is 36.2 Å². The van der Waals surface area contributed by atoms with Crippen LogP contribution >= 0.6 is 19.9 Å². The number of nitrogens with one attached hydrogen (secondary N) is 3. The van der Waals surface area contributed by atoms with Crippen LogP contribution in [0.1, 0.15) is 36.3 Å². The molecular formula is C27H28F3N6O6PS. The van der Waals surface area contributed by atoms with Crippen molar-refractivity contribution >= 4 is 48.6 Å². The molecule has 0 fully saturated rings. The number of alkyl halides is 3. The molecule has 0 atom stereocenters. The third-order valence-corrected chi connectivity index (χ3v) is 7.59. The van der Waals surface area contributed by atoms with Crippen LogP contribution in [0.15, 0.2) is 46.8 Å². The van der Waals surface area contributed by atoms with Gasteiger partial charge in [0.2, 0.25) is 5.43 Å². The Morgan fingerprint density at radius 2 is 1.91 bits per heavy atom. The van der Waals surface area contributed by atoms with Crippen LogP contribution in [-0.4, -0.2) is 56.0 Å². The summed E-state index contributed by atoms with van der Waals surface area (Å²) in [6, 6.07) is 5.70. The van der Waals surface area contributed by atoms with Crippen molar-refractivity contribution < 1.29 is 37.1 Å². The molecule has 0 aliphatic carbocycles. The zero-order valence-corrected chi connectivity index (χ0v) is 25.1. The van der Waals surface area contributed by atoms with E-state index in [1.165, 1.54) is 24.5 Å². The summed E-state index contributed by atoms with van der Waals surface area (Å²) < 4.78 is 46.5. The van der Waals surface area contributed by atoms with Crippen LogP contribution < -0.4 is 21.4 Å². The lowest BCUT2D eigenvalue weighted by molar-refractivity contribution is -0.140. The van der Waals surface area contributed by atoms with Gasteiger partial charge in [-0.1, -0.05) is 6.07 Å². The van der Waals surface area contributed by atoms with Crippen LogP contribution in [0.4, 0.5) is 23.8 Å². The first-order chi connectivity index (χ1) is 20.9. The number of carbonyl (C=O) groups is 2. The second-order valence-corrected chi connectivity index (χ2v) is 10.8. The van der Waals surface area contributed by atoms with Crippen LogP contribution in [0, 0.1) is 0 Å². The largest absolute Gasteiger partial charge is 0.434 e. The number of rotatable bonds is 11. The molecule has 3 heterocycles. The van der Waals surface area contributed by atoms with Gasteiger partial charge in [0.05, 0.1) is 12.1 Å². The molecule has 44 heavy (non-hydrogen) atoms. The van der Waals surface area contributed by atoms with Gasteiger partial charge >= 0.3 is 20.8 Å². The smallest absolute Gasteiger partial charge is 0.352 e. The fraction of sp³-hybridized carbons (Fsp3) is 0.296. The Balaban J connectivity index is 1.74. The summed E-state index contributed by atoms with van der Waals surface area (Å²) in [5.74, 6) is -0.509. The van der Waals surface area contributed by atoms with Crippen LogP contribution in [-0.2, 0) is 17.2 Å². The summed E-state index contributed by atoms with van der Waals surface area (Å²) >= 11 is 0.787. The minimum absolute atomic E-state index is 0.0109. The monoisotopic (exact) mass is 652 g/mol. The lowest BCUT2D eigenvalue weighted by Crippen LogP contribution is -2.31. The number of carbonyl (C=O) groups excluding carboxylic acids is 2. The fourth-order valence-corrected chi connectivity index (χ4v) is 5.43. The van der Waals surface area contributed by atoms with Gasteiger partial charge in [-0.3, -0.25) is 14.9 Å². The molecule has 1 aromatic carbocycles. The number of urea groups is 1. The third-order valence-electron chi connectivity index (χ3n) is 6.30. The predicted octanol–water partition coefficient (Wildman–Crippen LogP) is 4.72. The molecule has 4 aromatic rings. The van der Waals surface area contributed by atoms with Crippen LogP contribution in [0.3, 0.4) is 0 Å². The molecule has 0 spiro atoms. The Hall–Kier alpha value is -3.95. The highest BCUT2D eigenvalue weighted by atomic mass is 32.1. The van der Waals surface area contributed by atoms with Crippen molar-refractivity contribution in [2.24, 2.45) is 0 Å². The van der Waals surface area contributed by atoms with Gasteiger partial charge in [-0.25, -0.2) is 14.8 Å². The summed E-state index contributed by atoms with van der Waals surface area (Å²) in [5, 5.41) is 8.92. The van der Waals surface area contributed by atoms with Crippen molar-refractivity contribution in [2.75, 3.05) is 25.0 Å². The maximum atomic E-state index is 13.4. The van der Waals surface area contributed by atoms with E-state index >= 15 is 0 Å². The highest BCUT2D eigenvalue weighted by Gasteiger charge is 2.34. The molecule has 4 rings (SSSR count).